The third-order valence-electron chi connectivity index (χ3n) is 4.19. The molecule has 1 unspecified atom stereocenters. The van der Waals surface area contributed by atoms with E-state index in [0.717, 1.165) is 16.9 Å². The fraction of sp³-hybridized carbons (Fsp3) is 0.500. The van der Waals surface area contributed by atoms with E-state index in [2.05, 4.69) is 4.99 Å². The Bertz CT molecular complexity index is 691. The number of hydrogen-bond donors (Lipinski definition) is 0. The standard InChI is InChI=1S/C18H24N4O2S/c1-13-5-6-14(2)16(11-13)24-15(3)17(23)21-7-9-22(10-8-21)18(25-4)20-12-19/h5-6,11,15H,7-10H2,1-4H3. The topological polar surface area (TPSA) is 68.9 Å². The SMILES string of the molecule is CSC(=NC#N)N1CCN(C(=O)C(C)Oc2cc(C)ccc2C)CC1. The molecule has 1 amide bonds. The Morgan fingerprint density at radius 3 is 2.52 bits per heavy atom. The highest BCUT2D eigenvalue weighted by Gasteiger charge is 2.27. The van der Waals surface area contributed by atoms with Gasteiger partial charge < -0.3 is 14.5 Å². The van der Waals surface area contributed by atoms with E-state index in [-0.39, 0.29) is 5.91 Å². The average Bonchev–Trinajstić information content (AvgIpc) is 2.62. The lowest BCUT2D eigenvalue weighted by atomic mass is 10.1. The van der Waals surface area contributed by atoms with Crippen LogP contribution >= 0.6 is 11.8 Å². The number of nitriles is 1. The van der Waals surface area contributed by atoms with Crippen LogP contribution in [0.4, 0.5) is 0 Å². The maximum absolute atomic E-state index is 12.7. The van der Waals surface area contributed by atoms with Gasteiger partial charge in [-0.25, -0.2) is 0 Å². The lowest BCUT2D eigenvalue weighted by Gasteiger charge is -2.36. The van der Waals surface area contributed by atoms with Crippen molar-refractivity contribution in [1.82, 2.24) is 9.80 Å². The number of nitrogens with zero attached hydrogens (tertiary/aromatic N) is 4. The van der Waals surface area contributed by atoms with Crippen molar-refractivity contribution < 1.29 is 9.53 Å². The van der Waals surface area contributed by atoms with E-state index in [1.807, 2.05) is 54.3 Å². The number of rotatable bonds is 3. The Balaban J connectivity index is 1.94. The van der Waals surface area contributed by atoms with Gasteiger partial charge in [-0.15, -0.1) is 4.99 Å². The first-order valence-corrected chi connectivity index (χ1v) is 9.47. The molecule has 0 aromatic heterocycles. The van der Waals surface area contributed by atoms with Crippen LogP contribution in [0.3, 0.4) is 0 Å². The molecule has 1 aliphatic rings. The van der Waals surface area contributed by atoms with Crippen molar-refractivity contribution in [3.8, 4) is 11.9 Å². The summed E-state index contributed by atoms with van der Waals surface area (Å²) in [5.74, 6) is 0.744. The number of benzene rings is 1. The minimum absolute atomic E-state index is 0.0107. The number of hydrogen-bond acceptors (Lipinski definition) is 5. The number of aryl methyl sites for hydroxylation is 2. The summed E-state index contributed by atoms with van der Waals surface area (Å²) in [5.41, 5.74) is 2.13. The maximum Gasteiger partial charge on any atom is 0.263 e. The summed E-state index contributed by atoms with van der Waals surface area (Å²) in [4.78, 5) is 20.3. The maximum atomic E-state index is 12.7. The molecule has 25 heavy (non-hydrogen) atoms. The highest BCUT2D eigenvalue weighted by molar-refractivity contribution is 8.13. The summed E-state index contributed by atoms with van der Waals surface area (Å²) in [5, 5.41) is 9.44. The van der Waals surface area contributed by atoms with Crippen molar-refractivity contribution in [3.63, 3.8) is 0 Å². The molecule has 1 aromatic rings. The lowest BCUT2D eigenvalue weighted by molar-refractivity contribution is -0.139. The molecule has 0 radical (unpaired) electrons. The Kier molecular flexibility index (Phi) is 6.71. The van der Waals surface area contributed by atoms with Crippen molar-refractivity contribution in [3.05, 3.63) is 29.3 Å². The summed E-state index contributed by atoms with van der Waals surface area (Å²) in [6.45, 7) is 8.32. The van der Waals surface area contributed by atoms with Crippen LogP contribution in [0.1, 0.15) is 18.1 Å². The molecule has 1 saturated heterocycles. The van der Waals surface area contributed by atoms with Gasteiger partial charge in [0, 0.05) is 26.2 Å². The normalized spacial score (nSPS) is 16.4. The number of amidine groups is 1. The van der Waals surface area contributed by atoms with Gasteiger partial charge in [0.1, 0.15) is 5.75 Å². The number of ether oxygens (including phenoxy) is 1. The molecule has 1 heterocycles. The first-order chi connectivity index (χ1) is 12.0. The molecule has 0 N–H and O–H groups in total. The smallest absolute Gasteiger partial charge is 0.263 e. The number of carbonyl (C=O) groups excluding carboxylic acids is 1. The van der Waals surface area contributed by atoms with Gasteiger partial charge in [0.25, 0.3) is 5.91 Å². The van der Waals surface area contributed by atoms with Crippen molar-refractivity contribution in [2.24, 2.45) is 4.99 Å². The van der Waals surface area contributed by atoms with Gasteiger partial charge in [0.05, 0.1) is 0 Å². The summed E-state index contributed by atoms with van der Waals surface area (Å²) >= 11 is 1.45. The highest BCUT2D eigenvalue weighted by Crippen LogP contribution is 2.21. The first-order valence-electron chi connectivity index (χ1n) is 8.24. The molecule has 1 atom stereocenters. The van der Waals surface area contributed by atoms with Crippen LogP contribution in [0, 0.1) is 25.3 Å². The van der Waals surface area contributed by atoms with Gasteiger partial charge >= 0.3 is 0 Å². The lowest BCUT2D eigenvalue weighted by Crippen LogP contribution is -2.52. The molecule has 1 fully saturated rings. The summed E-state index contributed by atoms with van der Waals surface area (Å²) < 4.78 is 5.90. The Labute approximate surface area is 153 Å². The summed E-state index contributed by atoms with van der Waals surface area (Å²) in [6.07, 6.45) is 3.20. The molecule has 1 aromatic carbocycles. The molecule has 0 aliphatic carbocycles. The van der Waals surface area contributed by atoms with Crippen LogP contribution in [-0.2, 0) is 4.79 Å². The zero-order valence-corrected chi connectivity index (χ0v) is 16.0. The number of aliphatic imine (C=N–C) groups is 1. The van der Waals surface area contributed by atoms with E-state index in [1.165, 1.54) is 11.8 Å². The number of amides is 1. The minimum Gasteiger partial charge on any atom is -0.481 e. The van der Waals surface area contributed by atoms with E-state index < -0.39 is 6.10 Å². The molecule has 0 bridgehead atoms. The monoisotopic (exact) mass is 360 g/mol. The first kappa shape index (κ1) is 19.1. The zero-order chi connectivity index (χ0) is 18.4. The molecular formula is C18H24N4O2S. The highest BCUT2D eigenvalue weighted by atomic mass is 32.2. The molecule has 0 saturated carbocycles. The largest absolute Gasteiger partial charge is 0.481 e. The molecule has 7 heteroatoms. The van der Waals surface area contributed by atoms with E-state index >= 15 is 0 Å². The number of piperazine rings is 1. The van der Waals surface area contributed by atoms with Crippen LogP contribution in [0.25, 0.3) is 0 Å². The second-order valence-corrected chi connectivity index (χ2v) is 6.81. The third kappa shape index (κ3) is 4.89. The minimum atomic E-state index is -0.528. The summed E-state index contributed by atoms with van der Waals surface area (Å²) in [7, 11) is 0. The van der Waals surface area contributed by atoms with Crippen molar-refractivity contribution >= 4 is 22.8 Å². The zero-order valence-electron chi connectivity index (χ0n) is 15.2. The molecule has 6 nitrogen and oxygen atoms in total. The van der Waals surface area contributed by atoms with Crippen molar-refractivity contribution in [2.45, 2.75) is 26.9 Å². The predicted molar refractivity (Wildman–Crippen MR) is 101 cm³/mol. The van der Waals surface area contributed by atoms with Gasteiger partial charge in [-0.05, 0) is 44.2 Å². The number of carbonyl (C=O) groups is 1. The third-order valence-corrected chi connectivity index (χ3v) is 4.90. The van der Waals surface area contributed by atoms with Crippen LogP contribution in [0.15, 0.2) is 23.2 Å². The summed E-state index contributed by atoms with van der Waals surface area (Å²) in [6, 6.07) is 5.99. The van der Waals surface area contributed by atoms with Gasteiger partial charge in [0.15, 0.2) is 11.3 Å². The number of thioether (sulfide) groups is 1. The van der Waals surface area contributed by atoms with Crippen LogP contribution in [0.5, 0.6) is 5.75 Å². The quantitative estimate of drug-likeness (QED) is 0.470. The molecule has 134 valence electrons. The van der Waals surface area contributed by atoms with Crippen molar-refractivity contribution in [2.75, 3.05) is 32.4 Å². The van der Waals surface area contributed by atoms with E-state index in [0.29, 0.717) is 31.3 Å². The molecule has 0 spiro atoms. The second kappa shape index (κ2) is 8.77. The van der Waals surface area contributed by atoms with Crippen LogP contribution in [0.2, 0.25) is 0 Å². The fourth-order valence-corrected chi connectivity index (χ4v) is 3.31. The second-order valence-electron chi connectivity index (χ2n) is 6.04. The van der Waals surface area contributed by atoms with E-state index in [1.54, 1.807) is 6.92 Å². The van der Waals surface area contributed by atoms with Crippen LogP contribution in [-0.4, -0.2) is 59.4 Å². The average molecular weight is 360 g/mol. The molecule has 1 aliphatic heterocycles. The molecular weight excluding hydrogens is 336 g/mol. The fourth-order valence-electron chi connectivity index (χ4n) is 2.74. The van der Waals surface area contributed by atoms with Gasteiger partial charge in [-0.3, -0.25) is 4.79 Å². The van der Waals surface area contributed by atoms with Crippen molar-refractivity contribution in [1.29, 1.82) is 5.26 Å². The van der Waals surface area contributed by atoms with E-state index in [4.69, 9.17) is 10.00 Å². The van der Waals surface area contributed by atoms with Gasteiger partial charge in [-0.1, -0.05) is 23.9 Å². The van der Waals surface area contributed by atoms with Gasteiger partial charge in [0.2, 0.25) is 6.19 Å². The van der Waals surface area contributed by atoms with E-state index in [9.17, 15) is 4.79 Å². The Morgan fingerprint density at radius 2 is 1.92 bits per heavy atom. The Hall–Kier alpha value is -2.20. The molecule has 2 rings (SSSR count). The predicted octanol–water partition coefficient (Wildman–Crippen LogP) is 2.42. The van der Waals surface area contributed by atoms with Crippen LogP contribution < -0.4 is 4.74 Å². The Morgan fingerprint density at radius 1 is 1.28 bits per heavy atom. The van der Waals surface area contributed by atoms with Gasteiger partial charge in [-0.2, -0.15) is 5.26 Å².